The van der Waals surface area contributed by atoms with Gasteiger partial charge in [-0.15, -0.1) is 0 Å². The van der Waals surface area contributed by atoms with E-state index in [4.69, 9.17) is 20.8 Å². The first-order chi connectivity index (χ1) is 13.6. The normalized spacial score (nSPS) is 10.3. The van der Waals surface area contributed by atoms with Crippen molar-refractivity contribution >= 4 is 23.4 Å². The number of benzene rings is 2. The number of hydrogen-bond acceptors (Lipinski definition) is 4. The third-order valence-corrected chi connectivity index (χ3v) is 4.17. The smallest absolute Gasteiger partial charge is 0.276 e. The highest BCUT2D eigenvalue weighted by atomic mass is 35.5. The van der Waals surface area contributed by atoms with E-state index in [9.17, 15) is 9.59 Å². The lowest BCUT2D eigenvalue weighted by atomic mass is 10.2. The molecule has 3 rings (SSSR count). The zero-order valence-electron chi connectivity index (χ0n) is 15.0. The molecule has 0 unspecified atom stereocenters. The fraction of sp³-hybridized carbons (Fsp3) is 0.143. The highest BCUT2D eigenvalue weighted by Gasteiger charge is 2.09. The maximum atomic E-state index is 11.9. The van der Waals surface area contributed by atoms with Gasteiger partial charge in [-0.05, 0) is 24.3 Å². The molecule has 3 aromatic rings. The zero-order valence-corrected chi connectivity index (χ0v) is 15.7. The van der Waals surface area contributed by atoms with Crippen molar-refractivity contribution in [3.63, 3.8) is 0 Å². The Morgan fingerprint density at radius 2 is 1.61 bits per heavy atom. The number of ether oxygens (including phenoxy) is 1. The first-order valence-electron chi connectivity index (χ1n) is 8.71. The highest BCUT2D eigenvalue weighted by Crippen LogP contribution is 2.23. The molecule has 2 N–H and O–H groups in total. The molecule has 2 amide bonds. The van der Waals surface area contributed by atoms with Crippen LogP contribution in [-0.4, -0.2) is 18.4 Å². The van der Waals surface area contributed by atoms with Crippen LogP contribution in [0.5, 0.6) is 5.75 Å². The maximum absolute atomic E-state index is 11.9. The number of amides is 2. The molecule has 1 aromatic heterocycles. The molecular formula is C21H19ClN2O4. The number of aryl methyl sites for hydroxylation is 1. The van der Waals surface area contributed by atoms with E-state index in [1.807, 2.05) is 42.5 Å². The van der Waals surface area contributed by atoms with Crippen molar-refractivity contribution in [2.75, 3.05) is 6.61 Å². The van der Waals surface area contributed by atoms with Crippen LogP contribution < -0.4 is 15.6 Å². The minimum atomic E-state index is -0.488. The monoisotopic (exact) mass is 398 g/mol. The van der Waals surface area contributed by atoms with Crippen LogP contribution in [0.4, 0.5) is 0 Å². The van der Waals surface area contributed by atoms with Gasteiger partial charge >= 0.3 is 0 Å². The molecule has 0 aliphatic carbocycles. The van der Waals surface area contributed by atoms with Crippen molar-refractivity contribution in [1.82, 2.24) is 10.9 Å². The van der Waals surface area contributed by atoms with E-state index in [0.29, 0.717) is 23.0 Å². The van der Waals surface area contributed by atoms with Crippen molar-refractivity contribution in [1.29, 1.82) is 0 Å². The summed E-state index contributed by atoms with van der Waals surface area (Å²) in [5, 5.41) is 0.410. The number of carbonyl (C=O) groups is 2. The lowest BCUT2D eigenvalue weighted by Crippen LogP contribution is -2.43. The van der Waals surface area contributed by atoms with E-state index in [1.165, 1.54) is 0 Å². The van der Waals surface area contributed by atoms with Crippen LogP contribution in [0.25, 0.3) is 11.3 Å². The Balaban J connectivity index is 1.38. The zero-order chi connectivity index (χ0) is 19.8. The van der Waals surface area contributed by atoms with Crippen LogP contribution in [0.1, 0.15) is 12.2 Å². The number of halogens is 1. The van der Waals surface area contributed by atoms with Gasteiger partial charge in [0.15, 0.2) is 6.61 Å². The molecule has 0 saturated heterocycles. The SMILES string of the molecule is O=C(CCc1ccc(-c2ccccc2)o1)NNC(=O)COc1ccccc1Cl. The van der Waals surface area contributed by atoms with Gasteiger partial charge in [0.05, 0.1) is 5.02 Å². The summed E-state index contributed by atoms with van der Waals surface area (Å²) < 4.78 is 11.0. The van der Waals surface area contributed by atoms with E-state index < -0.39 is 5.91 Å². The number of hydrogen-bond donors (Lipinski definition) is 2. The summed E-state index contributed by atoms with van der Waals surface area (Å²) in [5.41, 5.74) is 5.63. The van der Waals surface area contributed by atoms with Crippen molar-refractivity contribution in [2.24, 2.45) is 0 Å². The van der Waals surface area contributed by atoms with E-state index in [-0.39, 0.29) is 18.9 Å². The summed E-state index contributed by atoms with van der Waals surface area (Å²) in [7, 11) is 0. The van der Waals surface area contributed by atoms with E-state index in [0.717, 1.165) is 11.3 Å². The van der Waals surface area contributed by atoms with Crippen LogP contribution >= 0.6 is 11.6 Å². The Morgan fingerprint density at radius 1 is 0.893 bits per heavy atom. The molecule has 144 valence electrons. The fourth-order valence-electron chi connectivity index (χ4n) is 2.45. The number of rotatable bonds is 7. The molecule has 0 spiro atoms. The summed E-state index contributed by atoms with van der Waals surface area (Å²) in [6.45, 7) is -0.261. The van der Waals surface area contributed by atoms with Gasteiger partial charge in [0.2, 0.25) is 5.91 Å². The Bertz CT molecular complexity index is 940. The van der Waals surface area contributed by atoms with E-state index in [2.05, 4.69) is 10.9 Å². The van der Waals surface area contributed by atoms with Gasteiger partial charge in [0, 0.05) is 18.4 Å². The number of nitrogens with one attached hydrogen (secondary N) is 2. The number of furan rings is 1. The summed E-state index contributed by atoms with van der Waals surface area (Å²) in [6, 6.07) is 20.2. The standard InChI is InChI=1S/C21H19ClN2O4/c22-17-8-4-5-9-19(17)27-14-21(26)24-23-20(25)13-11-16-10-12-18(28-16)15-6-2-1-3-7-15/h1-10,12H,11,13-14H2,(H,23,25)(H,24,26). The summed E-state index contributed by atoms with van der Waals surface area (Å²) in [4.78, 5) is 23.7. The fourth-order valence-corrected chi connectivity index (χ4v) is 2.64. The Hall–Kier alpha value is -3.25. The third kappa shape index (κ3) is 5.62. The summed E-state index contributed by atoms with van der Waals surface area (Å²) in [6.07, 6.45) is 0.595. The minimum absolute atomic E-state index is 0.174. The molecule has 0 atom stereocenters. The molecule has 0 aliphatic rings. The van der Waals surface area contributed by atoms with Gasteiger partial charge in [0.25, 0.3) is 5.91 Å². The van der Waals surface area contributed by atoms with Gasteiger partial charge in [-0.1, -0.05) is 54.1 Å². The van der Waals surface area contributed by atoms with Gasteiger partial charge in [-0.3, -0.25) is 20.4 Å². The highest BCUT2D eigenvalue weighted by molar-refractivity contribution is 6.32. The Labute approximate surface area is 167 Å². The lowest BCUT2D eigenvalue weighted by Gasteiger charge is -2.09. The van der Waals surface area contributed by atoms with Gasteiger partial charge < -0.3 is 9.15 Å². The molecule has 0 fully saturated rings. The second-order valence-corrected chi connectivity index (χ2v) is 6.35. The molecule has 1 heterocycles. The molecule has 0 radical (unpaired) electrons. The van der Waals surface area contributed by atoms with Crippen LogP contribution in [0.3, 0.4) is 0 Å². The molecule has 0 bridgehead atoms. The average Bonchev–Trinajstić information content (AvgIpc) is 3.20. The second-order valence-electron chi connectivity index (χ2n) is 5.95. The molecule has 6 nitrogen and oxygen atoms in total. The summed E-state index contributed by atoms with van der Waals surface area (Å²) in [5.74, 6) is 1.03. The van der Waals surface area contributed by atoms with Crippen LogP contribution in [-0.2, 0) is 16.0 Å². The maximum Gasteiger partial charge on any atom is 0.276 e. The van der Waals surface area contributed by atoms with Crippen LogP contribution in [0.2, 0.25) is 5.02 Å². The number of carbonyl (C=O) groups excluding carboxylic acids is 2. The van der Waals surface area contributed by atoms with E-state index >= 15 is 0 Å². The third-order valence-electron chi connectivity index (χ3n) is 3.86. The topological polar surface area (TPSA) is 80.6 Å². The predicted octanol–water partition coefficient (Wildman–Crippen LogP) is 3.76. The second kappa shape index (κ2) is 9.62. The minimum Gasteiger partial charge on any atom is -0.482 e. The molecule has 28 heavy (non-hydrogen) atoms. The average molecular weight is 399 g/mol. The Morgan fingerprint density at radius 3 is 2.39 bits per heavy atom. The molecule has 0 aliphatic heterocycles. The largest absolute Gasteiger partial charge is 0.482 e. The number of hydrazine groups is 1. The van der Waals surface area contributed by atoms with E-state index in [1.54, 1.807) is 24.3 Å². The lowest BCUT2D eigenvalue weighted by molar-refractivity contribution is -0.130. The molecule has 0 saturated carbocycles. The predicted molar refractivity (Wildman–Crippen MR) is 106 cm³/mol. The van der Waals surface area contributed by atoms with Crippen LogP contribution in [0, 0.1) is 0 Å². The first kappa shape index (κ1) is 19.5. The number of para-hydroxylation sites is 1. The van der Waals surface area contributed by atoms with Gasteiger partial charge in [0.1, 0.15) is 17.3 Å². The van der Waals surface area contributed by atoms with Gasteiger partial charge in [-0.25, -0.2) is 0 Å². The van der Waals surface area contributed by atoms with Crippen molar-refractivity contribution in [2.45, 2.75) is 12.8 Å². The van der Waals surface area contributed by atoms with Crippen LogP contribution in [0.15, 0.2) is 71.1 Å². The quantitative estimate of drug-likeness (QED) is 0.594. The van der Waals surface area contributed by atoms with Crippen molar-refractivity contribution < 1.29 is 18.7 Å². The first-order valence-corrected chi connectivity index (χ1v) is 9.09. The Kier molecular flexibility index (Phi) is 6.70. The molecule has 2 aromatic carbocycles. The summed E-state index contributed by atoms with van der Waals surface area (Å²) >= 11 is 5.94. The molecule has 7 heteroatoms. The van der Waals surface area contributed by atoms with Crippen molar-refractivity contribution in [3.8, 4) is 17.1 Å². The van der Waals surface area contributed by atoms with Crippen molar-refractivity contribution in [3.05, 3.63) is 77.5 Å². The molecular weight excluding hydrogens is 380 g/mol. The van der Waals surface area contributed by atoms with Gasteiger partial charge in [-0.2, -0.15) is 0 Å².